The van der Waals surface area contributed by atoms with Gasteiger partial charge in [0.1, 0.15) is 0 Å². The number of benzene rings is 2. The first-order valence-electron chi connectivity index (χ1n) is 9.94. The number of primary amides is 1. The molecule has 0 aliphatic rings. The Balaban J connectivity index is 1.86. The molecule has 0 unspecified atom stereocenters. The van der Waals surface area contributed by atoms with Gasteiger partial charge in [-0.2, -0.15) is 0 Å². The average Bonchev–Trinajstić information content (AvgIpc) is 2.77. The lowest BCUT2D eigenvalue weighted by Crippen LogP contribution is -2.12. The first kappa shape index (κ1) is 19.5. The fourth-order valence-electron chi connectivity index (χ4n) is 3.56. The molecule has 4 heteroatoms. The molecule has 0 spiro atoms. The Morgan fingerprint density at radius 3 is 2.50 bits per heavy atom. The van der Waals surface area contributed by atoms with Crippen LogP contribution in [0.2, 0.25) is 0 Å². The standard InChI is InChI=1S/C26H23N3O/c1-17(2)22-15-21-7-4-10-29-25(21)23(16-22)20-6-3-5-18(13-20)14-24(26(27)30)19-8-11-28-12-9-19/h3-17H,1-2H3,(H2,27,30)/b24-14-. The minimum atomic E-state index is -0.472. The van der Waals surface area contributed by atoms with Crippen LogP contribution in [0.4, 0.5) is 0 Å². The second-order valence-electron chi connectivity index (χ2n) is 7.58. The zero-order valence-electron chi connectivity index (χ0n) is 17.0. The lowest BCUT2D eigenvalue weighted by atomic mass is 9.93. The lowest BCUT2D eigenvalue weighted by Gasteiger charge is -2.13. The quantitative estimate of drug-likeness (QED) is 0.459. The Labute approximate surface area is 176 Å². The first-order valence-corrected chi connectivity index (χ1v) is 9.94. The van der Waals surface area contributed by atoms with Crippen molar-refractivity contribution in [3.8, 4) is 11.1 Å². The van der Waals surface area contributed by atoms with E-state index < -0.39 is 5.91 Å². The predicted molar refractivity (Wildman–Crippen MR) is 123 cm³/mol. The van der Waals surface area contributed by atoms with Crippen LogP contribution in [0.15, 0.2) is 79.3 Å². The Morgan fingerprint density at radius 1 is 0.967 bits per heavy atom. The number of carbonyl (C=O) groups excluding carboxylic acids is 1. The van der Waals surface area contributed by atoms with Gasteiger partial charge < -0.3 is 5.73 Å². The van der Waals surface area contributed by atoms with Gasteiger partial charge >= 0.3 is 0 Å². The number of rotatable bonds is 5. The van der Waals surface area contributed by atoms with Crippen molar-refractivity contribution in [2.45, 2.75) is 19.8 Å². The van der Waals surface area contributed by atoms with Gasteiger partial charge in [-0.3, -0.25) is 14.8 Å². The number of carbonyl (C=O) groups is 1. The number of amides is 1. The van der Waals surface area contributed by atoms with Gasteiger partial charge in [-0.15, -0.1) is 0 Å². The van der Waals surface area contributed by atoms with Gasteiger partial charge in [0.25, 0.3) is 0 Å². The Morgan fingerprint density at radius 2 is 1.77 bits per heavy atom. The fraction of sp³-hybridized carbons (Fsp3) is 0.115. The van der Waals surface area contributed by atoms with Crippen molar-refractivity contribution in [3.05, 3.63) is 95.9 Å². The summed E-state index contributed by atoms with van der Waals surface area (Å²) in [5, 5.41) is 1.12. The third kappa shape index (κ3) is 3.98. The third-order valence-corrected chi connectivity index (χ3v) is 5.16. The number of nitrogens with two attached hydrogens (primary N) is 1. The second kappa shape index (κ2) is 8.29. The highest BCUT2D eigenvalue weighted by atomic mass is 16.1. The molecule has 148 valence electrons. The number of nitrogens with zero attached hydrogens (tertiary/aromatic N) is 2. The van der Waals surface area contributed by atoms with E-state index >= 15 is 0 Å². The maximum Gasteiger partial charge on any atom is 0.249 e. The SMILES string of the molecule is CC(C)c1cc(-c2cccc(/C=C(\C(N)=O)c3ccncc3)c2)c2ncccc2c1. The van der Waals surface area contributed by atoms with Crippen molar-refractivity contribution in [3.63, 3.8) is 0 Å². The van der Waals surface area contributed by atoms with Crippen LogP contribution >= 0.6 is 0 Å². The number of pyridine rings is 2. The summed E-state index contributed by atoms with van der Waals surface area (Å²) in [5.41, 5.74) is 12.1. The summed E-state index contributed by atoms with van der Waals surface area (Å²) in [4.78, 5) is 20.7. The molecule has 0 bridgehead atoms. The van der Waals surface area contributed by atoms with Gasteiger partial charge in [0.15, 0.2) is 0 Å². The van der Waals surface area contributed by atoms with Gasteiger partial charge in [-0.05, 0) is 70.6 Å². The molecule has 0 radical (unpaired) electrons. The molecule has 2 heterocycles. The molecule has 0 saturated carbocycles. The Hall–Kier alpha value is -3.79. The minimum Gasteiger partial charge on any atom is -0.366 e. The monoisotopic (exact) mass is 393 g/mol. The van der Waals surface area contributed by atoms with Crippen LogP contribution in [-0.2, 0) is 4.79 Å². The van der Waals surface area contributed by atoms with Crippen LogP contribution < -0.4 is 5.73 Å². The van der Waals surface area contributed by atoms with Crippen LogP contribution in [0.5, 0.6) is 0 Å². The van der Waals surface area contributed by atoms with Gasteiger partial charge in [-0.25, -0.2) is 0 Å². The molecule has 2 N–H and O–H groups in total. The van der Waals surface area contributed by atoms with Crippen molar-refractivity contribution in [1.29, 1.82) is 0 Å². The second-order valence-corrected chi connectivity index (χ2v) is 7.58. The summed E-state index contributed by atoms with van der Waals surface area (Å²) in [5.74, 6) is -0.0647. The van der Waals surface area contributed by atoms with Gasteiger partial charge in [0.05, 0.1) is 5.52 Å². The van der Waals surface area contributed by atoms with Crippen molar-refractivity contribution in [2.24, 2.45) is 5.73 Å². The van der Waals surface area contributed by atoms with Crippen LogP contribution in [-0.4, -0.2) is 15.9 Å². The van der Waals surface area contributed by atoms with Crippen LogP contribution in [0.1, 0.15) is 36.5 Å². The molecular weight excluding hydrogens is 370 g/mol. The van der Waals surface area contributed by atoms with E-state index in [2.05, 4.69) is 54.1 Å². The van der Waals surface area contributed by atoms with Gasteiger partial charge in [-0.1, -0.05) is 38.1 Å². The molecule has 0 atom stereocenters. The van der Waals surface area contributed by atoms with E-state index in [4.69, 9.17) is 5.73 Å². The normalized spacial score (nSPS) is 11.8. The molecule has 4 rings (SSSR count). The highest BCUT2D eigenvalue weighted by Crippen LogP contribution is 2.32. The highest BCUT2D eigenvalue weighted by molar-refractivity contribution is 6.23. The van der Waals surface area contributed by atoms with Crippen LogP contribution in [0.3, 0.4) is 0 Å². The molecule has 2 aromatic heterocycles. The molecule has 4 nitrogen and oxygen atoms in total. The summed E-state index contributed by atoms with van der Waals surface area (Å²) in [6.07, 6.45) is 6.94. The summed E-state index contributed by atoms with van der Waals surface area (Å²) in [7, 11) is 0. The lowest BCUT2D eigenvalue weighted by molar-refractivity contribution is -0.112. The Kier molecular flexibility index (Phi) is 5.40. The highest BCUT2D eigenvalue weighted by Gasteiger charge is 2.12. The fourth-order valence-corrected chi connectivity index (χ4v) is 3.56. The summed E-state index contributed by atoms with van der Waals surface area (Å²) >= 11 is 0. The average molecular weight is 393 g/mol. The number of hydrogen-bond acceptors (Lipinski definition) is 3. The molecule has 4 aromatic rings. The van der Waals surface area contributed by atoms with E-state index in [0.29, 0.717) is 11.5 Å². The molecule has 0 aliphatic carbocycles. The minimum absolute atomic E-state index is 0.407. The molecular formula is C26H23N3O. The van der Waals surface area contributed by atoms with E-state index in [0.717, 1.165) is 33.2 Å². The smallest absolute Gasteiger partial charge is 0.249 e. The maximum absolute atomic E-state index is 12.1. The summed E-state index contributed by atoms with van der Waals surface area (Å²) in [6, 6.07) is 20.1. The van der Waals surface area contributed by atoms with Crippen molar-refractivity contribution in [1.82, 2.24) is 9.97 Å². The van der Waals surface area contributed by atoms with Crippen LogP contribution in [0.25, 0.3) is 33.7 Å². The zero-order chi connectivity index (χ0) is 21.1. The topological polar surface area (TPSA) is 68.9 Å². The molecule has 0 fully saturated rings. The van der Waals surface area contributed by atoms with Crippen LogP contribution in [0, 0.1) is 0 Å². The molecule has 0 saturated heterocycles. The van der Waals surface area contributed by atoms with Crippen molar-refractivity contribution < 1.29 is 4.79 Å². The van der Waals surface area contributed by atoms with E-state index in [-0.39, 0.29) is 0 Å². The number of fused-ring (bicyclic) bond motifs is 1. The number of hydrogen-bond donors (Lipinski definition) is 1. The van der Waals surface area contributed by atoms with E-state index in [1.807, 2.05) is 30.5 Å². The largest absolute Gasteiger partial charge is 0.366 e. The van der Waals surface area contributed by atoms with E-state index in [1.54, 1.807) is 24.5 Å². The maximum atomic E-state index is 12.1. The summed E-state index contributed by atoms with van der Waals surface area (Å²) < 4.78 is 0. The van der Waals surface area contributed by atoms with Crippen molar-refractivity contribution >= 4 is 28.5 Å². The van der Waals surface area contributed by atoms with Crippen molar-refractivity contribution in [2.75, 3.05) is 0 Å². The third-order valence-electron chi connectivity index (χ3n) is 5.16. The number of aromatic nitrogens is 2. The molecule has 0 aliphatic heterocycles. The molecule has 1 amide bonds. The van der Waals surface area contributed by atoms with Gasteiger partial charge in [0, 0.05) is 35.1 Å². The molecule has 2 aromatic carbocycles. The first-order chi connectivity index (χ1) is 14.5. The summed E-state index contributed by atoms with van der Waals surface area (Å²) in [6.45, 7) is 4.38. The zero-order valence-corrected chi connectivity index (χ0v) is 17.0. The van der Waals surface area contributed by atoms with E-state index in [1.165, 1.54) is 5.56 Å². The predicted octanol–water partition coefficient (Wildman–Crippen LogP) is 5.45. The Bertz CT molecular complexity index is 1240. The van der Waals surface area contributed by atoms with Gasteiger partial charge in [0.2, 0.25) is 5.91 Å². The van der Waals surface area contributed by atoms with E-state index in [9.17, 15) is 4.79 Å². The molecule has 30 heavy (non-hydrogen) atoms.